The van der Waals surface area contributed by atoms with Gasteiger partial charge >= 0.3 is 0 Å². The SMILES string of the molecule is CN(C)CCN(C)c1cc(S(N)(=O)=O)ccc1N. The maximum atomic E-state index is 11.3. The van der Waals surface area contributed by atoms with E-state index in [1.165, 1.54) is 12.1 Å². The summed E-state index contributed by atoms with van der Waals surface area (Å²) in [4.78, 5) is 4.02. The summed E-state index contributed by atoms with van der Waals surface area (Å²) in [5, 5.41) is 5.10. The van der Waals surface area contributed by atoms with Gasteiger partial charge in [0.15, 0.2) is 0 Å². The van der Waals surface area contributed by atoms with E-state index in [1.807, 2.05) is 30.9 Å². The molecule has 0 fully saturated rings. The Bertz CT molecular complexity index is 514. The molecule has 0 radical (unpaired) electrons. The summed E-state index contributed by atoms with van der Waals surface area (Å²) < 4.78 is 22.6. The molecule has 102 valence electrons. The number of nitrogens with zero attached hydrogens (tertiary/aromatic N) is 2. The highest BCUT2D eigenvalue weighted by molar-refractivity contribution is 7.89. The van der Waals surface area contributed by atoms with Crippen LogP contribution in [0.2, 0.25) is 0 Å². The zero-order valence-electron chi connectivity index (χ0n) is 10.9. The summed E-state index contributed by atoms with van der Waals surface area (Å²) in [5.41, 5.74) is 7.05. The van der Waals surface area contributed by atoms with Gasteiger partial charge in [-0.05, 0) is 32.3 Å². The molecule has 0 aliphatic carbocycles. The normalized spacial score (nSPS) is 11.8. The summed E-state index contributed by atoms with van der Waals surface area (Å²) in [6.07, 6.45) is 0. The smallest absolute Gasteiger partial charge is 0.238 e. The molecule has 0 amide bonds. The Labute approximate surface area is 108 Å². The second-order valence-corrected chi connectivity index (χ2v) is 6.05. The van der Waals surface area contributed by atoms with E-state index >= 15 is 0 Å². The zero-order valence-corrected chi connectivity index (χ0v) is 11.7. The van der Waals surface area contributed by atoms with Crippen molar-refractivity contribution in [2.75, 3.05) is 44.9 Å². The van der Waals surface area contributed by atoms with Crippen molar-refractivity contribution in [2.24, 2.45) is 5.14 Å². The van der Waals surface area contributed by atoms with Crippen molar-refractivity contribution in [1.29, 1.82) is 0 Å². The number of likely N-dealkylation sites (N-methyl/N-ethyl adjacent to an activating group) is 2. The predicted molar refractivity (Wildman–Crippen MR) is 74.1 cm³/mol. The monoisotopic (exact) mass is 272 g/mol. The van der Waals surface area contributed by atoms with Gasteiger partial charge < -0.3 is 15.5 Å². The lowest BCUT2D eigenvalue weighted by Crippen LogP contribution is -2.29. The molecule has 1 rings (SSSR count). The number of sulfonamides is 1. The van der Waals surface area contributed by atoms with Crippen LogP contribution in [0.15, 0.2) is 23.1 Å². The van der Waals surface area contributed by atoms with Crippen LogP contribution in [0.3, 0.4) is 0 Å². The Morgan fingerprint density at radius 2 is 1.78 bits per heavy atom. The summed E-state index contributed by atoms with van der Waals surface area (Å²) in [7, 11) is 2.10. The van der Waals surface area contributed by atoms with Crippen molar-refractivity contribution >= 4 is 21.4 Å². The first-order valence-electron chi connectivity index (χ1n) is 5.50. The van der Waals surface area contributed by atoms with Crippen LogP contribution in [-0.2, 0) is 10.0 Å². The topological polar surface area (TPSA) is 92.7 Å². The minimum Gasteiger partial charge on any atom is -0.397 e. The van der Waals surface area contributed by atoms with Gasteiger partial charge in [-0.3, -0.25) is 0 Å². The minimum absolute atomic E-state index is 0.0726. The van der Waals surface area contributed by atoms with E-state index in [0.29, 0.717) is 11.4 Å². The van der Waals surface area contributed by atoms with Gasteiger partial charge in [-0.15, -0.1) is 0 Å². The fraction of sp³-hybridized carbons (Fsp3) is 0.455. The minimum atomic E-state index is -3.70. The van der Waals surface area contributed by atoms with E-state index in [0.717, 1.165) is 13.1 Å². The molecule has 4 N–H and O–H groups in total. The van der Waals surface area contributed by atoms with Crippen molar-refractivity contribution < 1.29 is 8.42 Å². The van der Waals surface area contributed by atoms with E-state index in [1.54, 1.807) is 6.07 Å². The number of hydrogen-bond acceptors (Lipinski definition) is 5. The first-order valence-corrected chi connectivity index (χ1v) is 7.04. The Hall–Kier alpha value is -1.31. The zero-order chi connectivity index (χ0) is 13.9. The van der Waals surface area contributed by atoms with Gasteiger partial charge in [0.1, 0.15) is 0 Å². The van der Waals surface area contributed by atoms with Crippen molar-refractivity contribution in [3.8, 4) is 0 Å². The highest BCUT2D eigenvalue weighted by atomic mass is 32.2. The second-order valence-electron chi connectivity index (χ2n) is 4.49. The van der Waals surface area contributed by atoms with E-state index < -0.39 is 10.0 Å². The van der Waals surface area contributed by atoms with Crippen molar-refractivity contribution in [2.45, 2.75) is 4.90 Å². The first-order chi connectivity index (χ1) is 8.21. The third kappa shape index (κ3) is 3.86. The molecule has 18 heavy (non-hydrogen) atoms. The summed E-state index contributed by atoms with van der Waals surface area (Å²) in [5.74, 6) is 0. The molecule has 6 nitrogen and oxygen atoms in total. The quantitative estimate of drug-likeness (QED) is 0.731. The van der Waals surface area contributed by atoms with Crippen LogP contribution < -0.4 is 15.8 Å². The van der Waals surface area contributed by atoms with Gasteiger partial charge in [0.25, 0.3) is 0 Å². The summed E-state index contributed by atoms with van der Waals surface area (Å²) >= 11 is 0. The molecule has 0 spiro atoms. The Kier molecular flexibility index (Phi) is 4.55. The van der Waals surface area contributed by atoms with Crippen molar-refractivity contribution in [3.05, 3.63) is 18.2 Å². The van der Waals surface area contributed by atoms with Crippen molar-refractivity contribution in [3.63, 3.8) is 0 Å². The van der Waals surface area contributed by atoms with Crippen LogP contribution >= 0.6 is 0 Å². The maximum Gasteiger partial charge on any atom is 0.238 e. The highest BCUT2D eigenvalue weighted by Gasteiger charge is 2.12. The number of hydrogen-bond donors (Lipinski definition) is 2. The molecule has 0 aromatic heterocycles. The molecule has 0 saturated carbocycles. The average Bonchev–Trinajstić information content (AvgIpc) is 2.24. The van der Waals surface area contributed by atoms with Gasteiger partial charge in [-0.1, -0.05) is 0 Å². The molecule has 1 aromatic rings. The van der Waals surface area contributed by atoms with Gasteiger partial charge in [-0.2, -0.15) is 0 Å². The molecule has 0 aliphatic rings. The molecule has 0 aliphatic heterocycles. The van der Waals surface area contributed by atoms with Crippen LogP contribution in [0.4, 0.5) is 11.4 Å². The van der Waals surface area contributed by atoms with E-state index in [-0.39, 0.29) is 4.90 Å². The van der Waals surface area contributed by atoms with E-state index in [4.69, 9.17) is 10.9 Å². The molecule has 0 bridgehead atoms. The number of nitrogens with two attached hydrogens (primary N) is 2. The van der Waals surface area contributed by atoms with Gasteiger partial charge in [-0.25, -0.2) is 13.6 Å². The molecule has 0 atom stereocenters. The standard InChI is InChI=1S/C11H20N4O2S/c1-14(2)6-7-15(3)11-8-9(18(13,16)17)4-5-10(11)12/h4-5,8H,6-7,12H2,1-3H3,(H2,13,16,17). The summed E-state index contributed by atoms with van der Waals surface area (Å²) in [6.45, 7) is 1.58. The van der Waals surface area contributed by atoms with Gasteiger partial charge in [0.2, 0.25) is 10.0 Å². The lowest BCUT2D eigenvalue weighted by molar-refractivity contribution is 0.416. The maximum absolute atomic E-state index is 11.3. The fourth-order valence-corrected chi connectivity index (χ4v) is 2.04. The molecule has 1 aromatic carbocycles. The third-order valence-electron chi connectivity index (χ3n) is 2.62. The number of nitrogen functional groups attached to an aromatic ring is 1. The number of primary sulfonamides is 1. The Balaban J connectivity index is 3.01. The van der Waals surface area contributed by atoms with Crippen LogP contribution in [0.5, 0.6) is 0 Å². The number of rotatable bonds is 5. The van der Waals surface area contributed by atoms with Crippen LogP contribution in [0.25, 0.3) is 0 Å². The van der Waals surface area contributed by atoms with Crippen molar-refractivity contribution in [1.82, 2.24) is 4.90 Å². The van der Waals surface area contributed by atoms with Crippen LogP contribution in [-0.4, -0.2) is 47.6 Å². The number of benzene rings is 1. The predicted octanol–water partition coefficient (Wildman–Crippen LogP) is -0.0860. The first kappa shape index (κ1) is 14.7. The van der Waals surface area contributed by atoms with Crippen LogP contribution in [0, 0.1) is 0 Å². The largest absolute Gasteiger partial charge is 0.397 e. The molecular formula is C11H20N4O2S. The summed E-state index contributed by atoms with van der Waals surface area (Å²) in [6, 6.07) is 4.47. The molecule has 0 saturated heterocycles. The number of anilines is 2. The van der Waals surface area contributed by atoms with Gasteiger partial charge in [0, 0.05) is 20.1 Å². The Morgan fingerprint density at radius 3 is 2.28 bits per heavy atom. The average molecular weight is 272 g/mol. The van der Waals surface area contributed by atoms with Gasteiger partial charge in [0.05, 0.1) is 16.3 Å². The van der Waals surface area contributed by atoms with E-state index in [2.05, 4.69) is 0 Å². The van der Waals surface area contributed by atoms with Crippen LogP contribution in [0.1, 0.15) is 0 Å². The lowest BCUT2D eigenvalue weighted by Gasteiger charge is -2.23. The molecule has 7 heteroatoms. The second kappa shape index (κ2) is 5.55. The molecule has 0 unspecified atom stereocenters. The lowest BCUT2D eigenvalue weighted by atomic mass is 10.2. The Morgan fingerprint density at radius 1 is 1.17 bits per heavy atom. The molecule has 0 heterocycles. The highest BCUT2D eigenvalue weighted by Crippen LogP contribution is 2.25. The third-order valence-corrected chi connectivity index (χ3v) is 3.54. The molecular weight excluding hydrogens is 252 g/mol. The fourth-order valence-electron chi connectivity index (χ4n) is 1.50. The van der Waals surface area contributed by atoms with E-state index in [9.17, 15) is 8.42 Å².